The van der Waals surface area contributed by atoms with Crippen LogP contribution in [0.4, 0.5) is 11.4 Å². The fourth-order valence-electron chi connectivity index (χ4n) is 1.69. The molecule has 1 aromatic carbocycles. The van der Waals surface area contributed by atoms with Crippen molar-refractivity contribution < 1.29 is 0 Å². The molecule has 0 bridgehead atoms. The second kappa shape index (κ2) is 5.60. The number of pyridine rings is 1. The number of anilines is 2. The van der Waals surface area contributed by atoms with Gasteiger partial charge in [-0.3, -0.25) is 4.98 Å². The summed E-state index contributed by atoms with van der Waals surface area (Å²) in [6, 6.07) is 10.1. The molecule has 0 saturated carbocycles. The molecular formula is C14H15N3S. The Morgan fingerprint density at radius 1 is 1.28 bits per heavy atom. The number of aryl methyl sites for hydroxylation is 1. The number of nitrogens with zero attached hydrogens (tertiary/aromatic N) is 1. The predicted molar refractivity (Wildman–Crippen MR) is 79.2 cm³/mol. The fourth-order valence-corrected chi connectivity index (χ4v) is 1.87. The molecule has 2 aromatic rings. The summed E-state index contributed by atoms with van der Waals surface area (Å²) >= 11 is 5.02. The molecule has 4 heteroatoms. The zero-order valence-electron chi connectivity index (χ0n) is 10.2. The molecule has 1 aromatic heterocycles. The Morgan fingerprint density at radius 3 is 2.61 bits per heavy atom. The molecule has 0 aliphatic rings. The number of hydrogen-bond donors (Lipinski definition) is 2. The van der Waals surface area contributed by atoms with Gasteiger partial charge in [-0.1, -0.05) is 31.3 Å². The van der Waals surface area contributed by atoms with Crippen LogP contribution in [0.5, 0.6) is 0 Å². The maximum atomic E-state index is 5.68. The topological polar surface area (TPSA) is 50.9 Å². The first-order chi connectivity index (χ1) is 8.70. The number of benzene rings is 1. The molecule has 1 heterocycles. The number of rotatable bonds is 4. The third kappa shape index (κ3) is 2.84. The summed E-state index contributed by atoms with van der Waals surface area (Å²) in [6.45, 7) is 2.13. The second-order valence-electron chi connectivity index (χ2n) is 3.96. The SMILES string of the molecule is CCc1ccc(Nc2cnccc2C(N)=S)cc1. The van der Waals surface area contributed by atoms with Gasteiger partial charge in [0.1, 0.15) is 4.99 Å². The maximum Gasteiger partial charge on any atom is 0.106 e. The third-order valence-corrected chi connectivity index (χ3v) is 2.95. The molecule has 3 nitrogen and oxygen atoms in total. The van der Waals surface area contributed by atoms with E-state index in [4.69, 9.17) is 18.0 Å². The minimum Gasteiger partial charge on any atom is -0.389 e. The Labute approximate surface area is 112 Å². The molecule has 0 unspecified atom stereocenters. The Kier molecular flexibility index (Phi) is 3.89. The van der Waals surface area contributed by atoms with Crippen molar-refractivity contribution in [1.29, 1.82) is 0 Å². The van der Waals surface area contributed by atoms with Crippen LogP contribution in [-0.4, -0.2) is 9.97 Å². The lowest BCUT2D eigenvalue weighted by Gasteiger charge is -2.10. The smallest absolute Gasteiger partial charge is 0.106 e. The van der Waals surface area contributed by atoms with Gasteiger partial charge in [0.15, 0.2) is 0 Å². The van der Waals surface area contributed by atoms with E-state index in [0.717, 1.165) is 23.4 Å². The third-order valence-electron chi connectivity index (χ3n) is 2.73. The molecule has 0 amide bonds. The van der Waals surface area contributed by atoms with Gasteiger partial charge in [-0.15, -0.1) is 0 Å². The average Bonchev–Trinajstić information content (AvgIpc) is 2.40. The molecule has 2 rings (SSSR count). The molecule has 0 aliphatic carbocycles. The Morgan fingerprint density at radius 2 is 2.00 bits per heavy atom. The highest BCUT2D eigenvalue weighted by atomic mass is 32.1. The van der Waals surface area contributed by atoms with Crippen LogP contribution in [0.1, 0.15) is 18.1 Å². The van der Waals surface area contributed by atoms with Crippen molar-refractivity contribution >= 4 is 28.6 Å². The summed E-state index contributed by atoms with van der Waals surface area (Å²) in [5.41, 5.74) is 9.62. The van der Waals surface area contributed by atoms with Gasteiger partial charge in [-0.05, 0) is 30.2 Å². The lowest BCUT2D eigenvalue weighted by Crippen LogP contribution is -2.12. The average molecular weight is 257 g/mol. The molecule has 0 spiro atoms. The summed E-state index contributed by atoms with van der Waals surface area (Å²) < 4.78 is 0. The van der Waals surface area contributed by atoms with Gasteiger partial charge in [0.25, 0.3) is 0 Å². The normalized spacial score (nSPS) is 10.1. The van der Waals surface area contributed by atoms with Gasteiger partial charge in [0.2, 0.25) is 0 Å². The molecule has 0 fully saturated rings. The number of nitrogens with two attached hydrogens (primary N) is 1. The van der Waals surface area contributed by atoms with Crippen LogP contribution in [0.2, 0.25) is 0 Å². The molecule has 92 valence electrons. The monoisotopic (exact) mass is 257 g/mol. The highest BCUT2D eigenvalue weighted by Crippen LogP contribution is 2.20. The van der Waals surface area contributed by atoms with Gasteiger partial charge < -0.3 is 11.1 Å². The van der Waals surface area contributed by atoms with E-state index in [1.807, 2.05) is 18.2 Å². The maximum absolute atomic E-state index is 5.68. The Bertz CT molecular complexity index is 549. The van der Waals surface area contributed by atoms with E-state index in [0.29, 0.717) is 4.99 Å². The fraction of sp³-hybridized carbons (Fsp3) is 0.143. The number of nitrogens with one attached hydrogen (secondary N) is 1. The molecule has 0 radical (unpaired) electrons. The van der Waals surface area contributed by atoms with E-state index in [2.05, 4.69) is 29.4 Å². The van der Waals surface area contributed by atoms with Crippen molar-refractivity contribution in [2.24, 2.45) is 5.73 Å². The van der Waals surface area contributed by atoms with Crippen molar-refractivity contribution in [3.8, 4) is 0 Å². The lowest BCUT2D eigenvalue weighted by molar-refractivity contribution is 1.14. The number of thiocarbonyl (C=S) groups is 1. The Hall–Kier alpha value is -1.94. The summed E-state index contributed by atoms with van der Waals surface area (Å²) in [5.74, 6) is 0. The van der Waals surface area contributed by atoms with Crippen molar-refractivity contribution in [3.05, 3.63) is 53.9 Å². The first-order valence-electron chi connectivity index (χ1n) is 5.80. The van der Waals surface area contributed by atoms with Gasteiger partial charge in [0, 0.05) is 17.4 Å². The van der Waals surface area contributed by atoms with Gasteiger partial charge in [-0.25, -0.2) is 0 Å². The van der Waals surface area contributed by atoms with Crippen LogP contribution in [0.3, 0.4) is 0 Å². The largest absolute Gasteiger partial charge is 0.389 e. The minimum absolute atomic E-state index is 0.366. The van der Waals surface area contributed by atoms with Crippen LogP contribution in [0, 0.1) is 0 Å². The van der Waals surface area contributed by atoms with E-state index >= 15 is 0 Å². The van der Waals surface area contributed by atoms with E-state index in [1.165, 1.54) is 5.56 Å². The number of hydrogen-bond acceptors (Lipinski definition) is 3. The second-order valence-corrected chi connectivity index (χ2v) is 4.40. The van der Waals surface area contributed by atoms with Crippen LogP contribution in [-0.2, 0) is 6.42 Å². The summed E-state index contributed by atoms with van der Waals surface area (Å²) in [4.78, 5) is 4.45. The van der Waals surface area contributed by atoms with Gasteiger partial charge in [0.05, 0.1) is 11.9 Å². The van der Waals surface area contributed by atoms with Crippen LogP contribution >= 0.6 is 12.2 Å². The quantitative estimate of drug-likeness (QED) is 0.827. The Balaban J connectivity index is 2.25. The zero-order chi connectivity index (χ0) is 13.0. The van der Waals surface area contributed by atoms with E-state index in [9.17, 15) is 0 Å². The first-order valence-corrected chi connectivity index (χ1v) is 6.21. The summed E-state index contributed by atoms with van der Waals surface area (Å²) in [5, 5.41) is 3.28. The van der Waals surface area contributed by atoms with Gasteiger partial charge >= 0.3 is 0 Å². The highest BCUT2D eigenvalue weighted by Gasteiger charge is 2.04. The standard InChI is InChI=1S/C14H15N3S/c1-2-10-3-5-11(6-4-10)17-13-9-16-8-7-12(13)14(15)18/h3-9,17H,2H2,1H3,(H2,15,18). The van der Waals surface area contributed by atoms with E-state index < -0.39 is 0 Å². The molecule has 3 N–H and O–H groups in total. The summed E-state index contributed by atoms with van der Waals surface area (Å²) in [7, 11) is 0. The molecule has 0 aliphatic heterocycles. The zero-order valence-corrected chi connectivity index (χ0v) is 11.0. The van der Waals surface area contributed by atoms with Crippen LogP contribution < -0.4 is 11.1 Å². The number of aromatic nitrogens is 1. The molecule has 0 saturated heterocycles. The van der Waals surface area contributed by atoms with Gasteiger partial charge in [-0.2, -0.15) is 0 Å². The lowest BCUT2D eigenvalue weighted by atomic mass is 10.1. The highest BCUT2D eigenvalue weighted by molar-refractivity contribution is 7.80. The van der Waals surface area contributed by atoms with Crippen molar-refractivity contribution in [2.75, 3.05) is 5.32 Å². The van der Waals surface area contributed by atoms with Crippen LogP contribution in [0.15, 0.2) is 42.7 Å². The van der Waals surface area contributed by atoms with Crippen molar-refractivity contribution in [1.82, 2.24) is 4.98 Å². The minimum atomic E-state index is 0.366. The first kappa shape index (κ1) is 12.5. The summed E-state index contributed by atoms with van der Waals surface area (Å²) in [6.07, 6.45) is 4.44. The predicted octanol–water partition coefficient (Wildman–Crippen LogP) is 3.02. The van der Waals surface area contributed by atoms with Crippen molar-refractivity contribution in [2.45, 2.75) is 13.3 Å². The molecular weight excluding hydrogens is 242 g/mol. The van der Waals surface area contributed by atoms with Crippen LogP contribution in [0.25, 0.3) is 0 Å². The van der Waals surface area contributed by atoms with E-state index in [-0.39, 0.29) is 0 Å². The van der Waals surface area contributed by atoms with E-state index in [1.54, 1.807) is 12.4 Å². The van der Waals surface area contributed by atoms with Crippen molar-refractivity contribution in [3.63, 3.8) is 0 Å². The molecule has 18 heavy (non-hydrogen) atoms. The molecule has 0 atom stereocenters.